The smallest absolute Gasteiger partial charge is 0.426 e. The number of ether oxygens (including phenoxy) is 1. The quantitative estimate of drug-likeness (QED) is 0.736. The van der Waals surface area contributed by atoms with E-state index in [1.807, 2.05) is 0 Å². The van der Waals surface area contributed by atoms with Gasteiger partial charge in [0.2, 0.25) is 0 Å². The zero-order valence-corrected chi connectivity index (χ0v) is 8.47. The van der Waals surface area contributed by atoms with Gasteiger partial charge < -0.3 is 4.74 Å². The predicted molar refractivity (Wildman–Crippen MR) is 52.5 cm³/mol. The highest BCUT2D eigenvalue weighted by Crippen LogP contribution is 2.37. The van der Waals surface area contributed by atoms with Gasteiger partial charge in [0.15, 0.2) is 0 Å². The van der Waals surface area contributed by atoms with Crippen molar-refractivity contribution >= 4 is 6.08 Å². The number of benzene rings is 1. The number of halogens is 5. The molecule has 0 spiro atoms. The lowest BCUT2D eigenvalue weighted by Crippen LogP contribution is -2.41. The summed E-state index contributed by atoms with van der Waals surface area (Å²) in [7, 11) is 0. The van der Waals surface area contributed by atoms with Crippen LogP contribution < -0.4 is 4.74 Å². The van der Waals surface area contributed by atoms with Crippen molar-refractivity contribution in [2.24, 2.45) is 0 Å². The zero-order valence-electron chi connectivity index (χ0n) is 8.47. The summed E-state index contributed by atoms with van der Waals surface area (Å²) < 4.78 is 64.1. The maximum absolute atomic E-state index is 12.5. The molecule has 1 radical (unpaired) electrons. The van der Waals surface area contributed by atoms with E-state index < -0.39 is 18.0 Å². The fourth-order valence-electron chi connectivity index (χ4n) is 0.989. The van der Waals surface area contributed by atoms with Crippen LogP contribution >= 0.6 is 0 Å². The van der Waals surface area contributed by atoms with Crippen LogP contribution in [0, 0.1) is 6.92 Å². The molecule has 1 aromatic rings. The second-order valence-corrected chi connectivity index (χ2v) is 3.09. The molecule has 0 atom stereocenters. The highest BCUT2D eigenvalue weighted by atomic mass is 19.4. The van der Waals surface area contributed by atoms with E-state index in [1.165, 1.54) is 18.2 Å². The Hall–Kier alpha value is -1.59. The molecule has 0 saturated carbocycles. The molecule has 0 aromatic heterocycles. The molecule has 1 nitrogen and oxygen atoms in total. The molecule has 1 aromatic carbocycles. The van der Waals surface area contributed by atoms with E-state index in [0.29, 0.717) is 5.56 Å². The molecule has 17 heavy (non-hydrogen) atoms. The molecular weight excluding hydrogens is 243 g/mol. The summed E-state index contributed by atoms with van der Waals surface area (Å²) in [4.78, 5) is 0. The molecule has 0 aliphatic carbocycles. The van der Waals surface area contributed by atoms with Crippen LogP contribution in [0.5, 0.6) is 5.75 Å². The normalized spacial score (nSPS) is 13.1. The molecule has 0 unspecified atom stereocenters. The Morgan fingerprint density at radius 1 is 1.00 bits per heavy atom. The standard InChI is InChI=1S/C11H8F5O/c1-2-3-8-4-6-9(7-5-8)17-11(15,16)10(12,13)14/h2-7H,1H2. The van der Waals surface area contributed by atoms with Crippen LogP contribution in [0.3, 0.4) is 0 Å². The number of hydrogen-bond donors (Lipinski definition) is 0. The third-order valence-electron chi connectivity index (χ3n) is 1.77. The van der Waals surface area contributed by atoms with Gasteiger partial charge in [-0.15, -0.1) is 0 Å². The molecule has 0 heterocycles. The Morgan fingerprint density at radius 3 is 1.94 bits per heavy atom. The van der Waals surface area contributed by atoms with Crippen LogP contribution in [0.4, 0.5) is 22.0 Å². The van der Waals surface area contributed by atoms with Crippen molar-refractivity contribution in [3.63, 3.8) is 0 Å². The molecule has 0 saturated heterocycles. The lowest BCUT2D eigenvalue weighted by Gasteiger charge is -2.20. The van der Waals surface area contributed by atoms with E-state index in [2.05, 4.69) is 11.7 Å². The fraction of sp³-hybridized carbons (Fsp3) is 0.182. The van der Waals surface area contributed by atoms with Gasteiger partial charge in [-0.1, -0.05) is 24.3 Å². The van der Waals surface area contributed by atoms with E-state index in [-0.39, 0.29) is 0 Å². The first-order valence-corrected chi connectivity index (χ1v) is 4.45. The van der Waals surface area contributed by atoms with E-state index >= 15 is 0 Å². The first-order valence-electron chi connectivity index (χ1n) is 4.45. The Bertz CT molecular complexity index is 391. The maximum atomic E-state index is 12.5. The summed E-state index contributed by atoms with van der Waals surface area (Å²) in [5.74, 6) is -0.562. The third kappa shape index (κ3) is 3.44. The highest BCUT2D eigenvalue weighted by Gasteiger charge is 2.61. The summed E-state index contributed by atoms with van der Waals surface area (Å²) in [6.07, 6.45) is -7.92. The summed E-state index contributed by atoms with van der Waals surface area (Å²) in [5, 5.41) is 0. The zero-order chi connectivity index (χ0) is 13.1. The molecule has 0 aliphatic heterocycles. The van der Waals surface area contributed by atoms with Crippen LogP contribution in [0.2, 0.25) is 0 Å². The summed E-state index contributed by atoms with van der Waals surface area (Å²) >= 11 is 0. The molecule has 0 N–H and O–H groups in total. The average Bonchev–Trinajstić information content (AvgIpc) is 2.19. The van der Waals surface area contributed by atoms with Gasteiger partial charge in [0, 0.05) is 0 Å². The first-order chi connectivity index (χ1) is 7.76. The lowest BCUT2D eigenvalue weighted by atomic mass is 10.2. The molecule has 0 fully saturated rings. The van der Waals surface area contributed by atoms with E-state index in [4.69, 9.17) is 0 Å². The van der Waals surface area contributed by atoms with Crippen molar-refractivity contribution in [2.45, 2.75) is 12.3 Å². The SMILES string of the molecule is [CH2]C=Cc1ccc(OC(F)(F)C(F)(F)F)cc1. The number of allylic oxidation sites excluding steroid dienone is 1. The van der Waals surface area contributed by atoms with Gasteiger partial charge in [0.25, 0.3) is 0 Å². The summed E-state index contributed by atoms with van der Waals surface area (Å²) in [5.41, 5.74) is 0.614. The van der Waals surface area contributed by atoms with E-state index in [9.17, 15) is 22.0 Å². The largest absolute Gasteiger partial charge is 0.499 e. The van der Waals surface area contributed by atoms with Crippen molar-refractivity contribution in [1.82, 2.24) is 0 Å². The van der Waals surface area contributed by atoms with Gasteiger partial charge in [-0.3, -0.25) is 0 Å². The van der Waals surface area contributed by atoms with Crippen molar-refractivity contribution in [2.75, 3.05) is 0 Å². The molecular formula is C11H8F5O. The maximum Gasteiger partial charge on any atom is 0.499 e. The van der Waals surface area contributed by atoms with Gasteiger partial charge in [-0.05, 0) is 24.6 Å². The predicted octanol–water partition coefficient (Wildman–Crippen LogP) is 4.07. The molecule has 0 aliphatic rings. The van der Waals surface area contributed by atoms with Gasteiger partial charge in [-0.2, -0.15) is 22.0 Å². The van der Waals surface area contributed by atoms with Crippen molar-refractivity contribution in [3.8, 4) is 5.75 Å². The fourth-order valence-corrected chi connectivity index (χ4v) is 0.989. The minimum Gasteiger partial charge on any atom is -0.426 e. The molecule has 0 bridgehead atoms. The number of rotatable bonds is 3. The van der Waals surface area contributed by atoms with Crippen molar-refractivity contribution in [1.29, 1.82) is 0 Å². The van der Waals surface area contributed by atoms with E-state index in [0.717, 1.165) is 12.1 Å². The topological polar surface area (TPSA) is 9.23 Å². The third-order valence-corrected chi connectivity index (χ3v) is 1.77. The van der Waals surface area contributed by atoms with Crippen LogP contribution in [-0.4, -0.2) is 12.3 Å². The van der Waals surface area contributed by atoms with Crippen LogP contribution in [0.25, 0.3) is 6.08 Å². The number of hydrogen-bond acceptors (Lipinski definition) is 1. The highest BCUT2D eigenvalue weighted by molar-refractivity contribution is 5.50. The van der Waals surface area contributed by atoms with E-state index in [1.54, 1.807) is 6.08 Å². The first kappa shape index (κ1) is 13.5. The van der Waals surface area contributed by atoms with Crippen LogP contribution in [-0.2, 0) is 0 Å². The minimum absolute atomic E-state index is 0.562. The minimum atomic E-state index is -5.74. The monoisotopic (exact) mass is 251 g/mol. The van der Waals surface area contributed by atoms with Crippen LogP contribution in [0.1, 0.15) is 5.56 Å². The Balaban J connectivity index is 2.83. The summed E-state index contributed by atoms with van der Waals surface area (Å²) in [6, 6.07) is 4.72. The van der Waals surface area contributed by atoms with Gasteiger partial charge in [-0.25, -0.2) is 0 Å². The van der Waals surface area contributed by atoms with Crippen molar-refractivity contribution < 1.29 is 26.7 Å². The molecule has 93 valence electrons. The second-order valence-electron chi connectivity index (χ2n) is 3.09. The lowest BCUT2D eigenvalue weighted by molar-refractivity contribution is -0.360. The summed E-state index contributed by atoms with van der Waals surface area (Å²) in [6.45, 7) is 3.41. The molecule has 1 rings (SSSR count). The van der Waals surface area contributed by atoms with Crippen molar-refractivity contribution in [3.05, 3.63) is 42.8 Å². The van der Waals surface area contributed by atoms with Gasteiger partial charge in [0.1, 0.15) is 5.75 Å². The Morgan fingerprint density at radius 2 is 1.53 bits per heavy atom. The average molecular weight is 251 g/mol. The van der Waals surface area contributed by atoms with Gasteiger partial charge in [0.05, 0.1) is 0 Å². The number of alkyl halides is 5. The van der Waals surface area contributed by atoms with Gasteiger partial charge >= 0.3 is 12.3 Å². The Labute approximate surface area is 94.5 Å². The molecule has 0 amide bonds. The Kier molecular flexibility index (Phi) is 3.75. The van der Waals surface area contributed by atoms with Crippen LogP contribution in [0.15, 0.2) is 30.3 Å². The second kappa shape index (κ2) is 4.73. The molecule has 6 heteroatoms.